The third kappa shape index (κ3) is 3.16. The molecule has 32 heavy (non-hydrogen) atoms. The molecule has 1 saturated heterocycles. The number of hydrogen-bond acceptors (Lipinski definition) is 8. The lowest BCUT2D eigenvalue weighted by atomic mass is 9.47. The molecule has 1 aliphatic heterocycles. The number of carbonyl (C=O) groups excluding carboxylic acids is 3. The number of rotatable bonds is 3. The minimum Gasteiger partial charge on any atom is -0.442 e. The Morgan fingerprint density at radius 3 is 2.53 bits per heavy atom. The summed E-state index contributed by atoms with van der Waals surface area (Å²) in [6, 6.07) is 0. The fourth-order valence-electron chi connectivity index (χ4n) is 6.63. The Kier molecular flexibility index (Phi) is 5.93. The number of aliphatic hydroxyl groups is 1. The SMILES string of the molecule is CCSC(=O)OC1C(=O)C2(C)C(OC)CC3OCC3C2CC2(O)CC(=O)C(C)=C1C2(C)C. The highest BCUT2D eigenvalue weighted by atomic mass is 32.2. The molecule has 0 spiro atoms. The number of hydrogen-bond donors (Lipinski definition) is 1. The summed E-state index contributed by atoms with van der Waals surface area (Å²) in [4.78, 5) is 40.0. The highest BCUT2D eigenvalue weighted by Gasteiger charge is 2.67. The molecule has 0 amide bonds. The molecule has 2 bridgehead atoms. The Labute approximate surface area is 193 Å². The third-order valence-electron chi connectivity index (χ3n) is 8.84. The first-order valence-electron chi connectivity index (χ1n) is 11.4. The van der Waals surface area contributed by atoms with E-state index in [0.29, 0.717) is 36.3 Å². The molecule has 1 heterocycles. The number of ether oxygens (including phenoxy) is 3. The first-order valence-corrected chi connectivity index (χ1v) is 12.4. The van der Waals surface area contributed by atoms with Crippen LogP contribution in [0.4, 0.5) is 4.79 Å². The van der Waals surface area contributed by atoms with Gasteiger partial charge in [0.1, 0.15) is 0 Å². The molecule has 3 fully saturated rings. The van der Waals surface area contributed by atoms with Gasteiger partial charge in [0.2, 0.25) is 0 Å². The molecular weight excluding hydrogens is 432 g/mol. The van der Waals surface area contributed by atoms with Crippen molar-refractivity contribution in [1.82, 2.24) is 0 Å². The van der Waals surface area contributed by atoms with Crippen LogP contribution in [-0.4, -0.2) is 65.4 Å². The summed E-state index contributed by atoms with van der Waals surface area (Å²) in [5, 5.41) is 11.5. The van der Waals surface area contributed by atoms with Gasteiger partial charge < -0.3 is 19.3 Å². The molecule has 0 aromatic heterocycles. The number of methoxy groups -OCH3 is 1. The van der Waals surface area contributed by atoms with E-state index in [1.165, 1.54) is 0 Å². The summed E-state index contributed by atoms with van der Waals surface area (Å²) in [6.07, 6.45) is -0.873. The topological polar surface area (TPSA) is 99.1 Å². The summed E-state index contributed by atoms with van der Waals surface area (Å²) >= 11 is 0.984. The van der Waals surface area contributed by atoms with Crippen molar-refractivity contribution in [3.05, 3.63) is 11.1 Å². The van der Waals surface area contributed by atoms with Gasteiger partial charge in [0, 0.05) is 37.0 Å². The predicted octanol–water partition coefficient (Wildman–Crippen LogP) is 3.32. The van der Waals surface area contributed by atoms with Crippen LogP contribution < -0.4 is 0 Å². The van der Waals surface area contributed by atoms with E-state index in [0.717, 1.165) is 11.8 Å². The van der Waals surface area contributed by atoms with Crippen LogP contribution in [0.1, 0.15) is 53.9 Å². The van der Waals surface area contributed by atoms with E-state index >= 15 is 0 Å². The van der Waals surface area contributed by atoms with E-state index in [1.807, 2.05) is 27.7 Å². The maximum absolute atomic E-state index is 14.3. The molecule has 4 aliphatic rings. The van der Waals surface area contributed by atoms with Crippen LogP contribution in [0.3, 0.4) is 0 Å². The van der Waals surface area contributed by atoms with Gasteiger partial charge in [0.05, 0.1) is 29.8 Å². The minimum atomic E-state index is -1.37. The Morgan fingerprint density at radius 2 is 1.97 bits per heavy atom. The van der Waals surface area contributed by atoms with Crippen LogP contribution >= 0.6 is 11.8 Å². The molecular formula is C24H34O7S. The molecule has 8 heteroatoms. The standard InChI is InChI=1S/C24H34O7S/c1-7-32-21(27)31-19-18-12(2)15(25)10-24(28,22(18,3)4)9-14-13-11-30-16(13)8-17(29-6)23(14,5)20(19)26/h13-14,16-17,19,28H,7-11H2,1-6H3. The van der Waals surface area contributed by atoms with Crippen molar-refractivity contribution in [3.8, 4) is 0 Å². The summed E-state index contributed by atoms with van der Waals surface area (Å²) in [5.41, 5.74) is -2.46. The second-order valence-corrected chi connectivity index (χ2v) is 11.6. The highest BCUT2D eigenvalue weighted by Crippen LogP contribution is 2.61. The van der Waals surface area contributed by atoms with Crippen LogP contribution in [0.25, 0.3) is 0 Å². The number of ketones is 2. The van der Waals surface area contributed by atoms with Crippen molar-refractivity contribution in [2.75, 3.05) is 19.5 Å². The minimum absolute atomic E-state index is 0.0175. The normalized spacial score (nSPS) is 42.9. The number of allylic oxidation sites excluding steroid dienone is 1. The van der Waals surface area contributed by atoms with Gasteiger partial charge >= 0.3 is 5.30 Å². The molecule has 0 aromatic carbocycles. The van der Waals surface area contributed by atoms with E-state index in [4.69, 9.17) is 14.2 Å². The Hall–Kier alpha value is -1.22. The van der Waals surface area contributed by atoms with Crippen molar-refractivity contribution in [1.29, 1.82) is 0 Å². The number of thioether (sulfide) groups is 1. The molecule has 3 aliphatic carbocycles. The molecule has 178 valence electrons. The maximum Gasteiger partial charge on any atom is 0.368 e. The van der Waals surface area contributed by atoms with Crippen LogP contribution in [0.5, 0.6) is 0 Å². The molecule has 7 atom stereocenters. The number of fused-ring (bicyclic) bond motifs is 5. The van der Waals surface area contributed by atoms with Crippen LogP contribution in [0, 0.1) is 22.7 Å². The van der Waals surface area contributed by atoms with Crippen molar-refractivity contribution >= 4 is 28.6 Å². The summed E-state index contributed by atoms with van der Waals surface area (Å²) < 4.78 is 17.4. The van der Waals surface area contributed by atoms with Crippen LogP contribution in [-0.2, 0) is 23.8 Å². The van der Waals surface area contributed by atoms with Gasteiger partial charge in [-0.3, -0.25) is 9.59 Å². The lowest BCUT2D eigenvalue weighted by molar-refractivity contribution is -0.244. The zero-order chi connectivity index (χ0) is 23.6. The fraction of sp³-hybridized carbons (Fsp3) is 0.792. The lowest BCUT2D eigenvalue weighted by Crippen LogP contribution is -2.69. The maximum atomic E-state index is 14.3. The molecule has 7 unspecified atom stereocenters. The first kappa shape index (κ1) is 23.9. The van der Waals surface area contributed by atoms with Crippen molar-refractivity contribution in [2.24, 2.45) is 22.7 Å². The van der Waals surface area contributed by atoms with Crippen LogP contribution in [0.2, 0.25) is 0 Å². The fourth-order valence-corrected chi connectivity index (χ4v) is 7.03. The van der Waals surface area contributed by atoms with Crippen LogP contribution in [0.15, 0.2) is 11.1 Å². The number of Topliss-reactive ketones (excluding diaryl/α,β-unsaturated/α-hetero) is 2. The van der Waals surface area contributed by atoms with Gasteiger partial charge in [0.15, 0.2) is 17.7 Å². The lowest BCUT2D eigenvalue weighted by Gasteiger charge is -2.62. The zero-order valence-corrected chi connectivity index (χ0v) is 20.5. The van der Waals surface area contributed by atoms with E-state index in [2.05, 4.69) is 0 Å². The second-order valence-electron chi connectivity index (χ2n) is 10.4. The molecule has 0 aromatic rings. The molecule has 7 nitrogen and oxygen atoms in total. The second kappa shape index (κ2) is 7.93. The molecule has 1 N–H and O–H groups in total. The quantitative estimate of drug-likeness (QED) is 0.633. The zero-order valence-electron chi connectivity index (χ0n) is 19.7. The molecule has 2 saturated carbocycles. The Morgan fingerprint density at radius 1 is 1.28 bits per heavy atom. The largest absolute Gasteiger partial charge is 0.442 e. The van der Waals surface area contributed by atoms with Gasteiger partial charge in [0.25, 0.3) is 0 Å². The van der Waals surface area contributed by atoms with Gasteiger partial charge in [-0.15, -0.1) is 0 Å². The van der Waals surface area contributed by atoms with Crippen molar-refractivity contribution in [2.45, 2.75) is 77.8 Å². The molecule has 4 rings (SSSR count). The van der Waals surface area contributed by atoms with E-state index in [1.54, 1.807) is 14.0 Å². The van der Waals surface area contributed by atoms with Crippen molar-refractivity contribution < 1.29 is 33.7 Å². The van der Waals surface area contributed by atoms with E-state index < -0.39 is 33.9 Å². The van der Waals surface area contributed by atoms with E-state index in [9.17, 15) is 19.5 Å². The smallest absolute Gasteiger partial charge is 0.368 e. The van der Waals surface area contributed by atoms with Crippen molar-refractivity contribution in [3.63, 3.8) is 0 Å². The average molecular weight is 467 g/mol. The van der Waals surface area contributed by atoms with Gasteiger partial charge in [-0.05, 0) is 49.1 Å². The summed E-state index contributed by atoms with van der Waals surface area (Å²) in [6.45, 7) is 9.61. The summed E-state index contributed by atoms with van der Waals surface area (Å²) in [5.74, 6) is -0.123. The monoisotopic (exact) mass is 466 g/mol. The molecule has 0 radical (unpaired) electrons. The van der Waals surface area contributed by atoms with E-state index in [-0.39, 0.29) is 35.9 Å². The highest BCUT2D eigenvalue weighted by molar-refractivity contribution is 8.13. The average Bonchev–Trinajstić information content (AvgIpc) is 2.69. The Balaban J connectivity index is 1.93. The van der Waals surface area contributed by atoms with Gasteiger partial charge in [-0.2, -0.15) is 0 Å². The third-order valence-corrected chi connectivity index (χ3v) is 9.46. The van der Waals surface area contributed by atoms with Gasteiger partial charge in [-0.25, -0.2) is 4.79 Å². The number of carbonyl (C=O) groups is 3. The first-order chi connectivity index (χ1) is 14.9. The predicted molar refractivity (Wildman–Crippen MR) is 119 cm³/mol. The summed E-state index contributed by atoms with van der Waals surface area (Å²) in [7, 11) is 1.58. The van der Waals surface area contributed by atoms with Gasteiger partial charge in [-0.1, -0.05) is 20.8 Å². The Bertz CT molecular complexity index is 880.